The van der Waals surface area contributed by atoms with Crippen LogP contribution < -0.4 is 5.32 Å². The second kappa shape index (κ2) is 6.34. The van der Waals surface area contributed by atoms with Gasteiger partial charge in [0.1, 0.15) is 11.6 Å². The van der Waals surface area contributed by atoms with Gasteiger partial charge in [-0.05, 0) is 39.0 Å². The molecule has 2 fully saturated rings. The van der Waals surface area contributed by atoms with E-state index in [1.54, 1.807) is 0 Å². The summed E-state index contributed by atoms with van der Waals surface area (Å²) in [4.78, 5) is 27.4. The minimum absolute atomic E-state index is 0.0225. The molecule has 0 aromatic rings. The molecule has 2 amide bonds. The molecule has 0 aliphatic carbocycles. The zero-order chi connectivity index (χ0) is 15.6. The van der Waals surface area contributed by atoms with E-state index in [9.17, 15) is 9.59 Å². The first-order valence-electron chi connectivity index (χ1n) is 8.27. The molecular formula is C16H28N2O3. The fraction of sp³-hybridized carbons (Fsp3) is 0.875. The van der Waals surface area contributed by atoms with Crippen molar-refractivity contribution in [3.8, 4) is 0 Å². The van der Waals surface area contributed by atoms with E-state index in [2.05, 4.69) is 5.32 Å². The average Bonchev–Trinajstić information content (AvgIpc) is 3.02. The molecule has 3 atom stereocenters. The number of amides is 2. The van der Waals surface area contributed by atoms with Gasteiger partial charge in [0.05, 0.1) is 12.1 Å². The summed E-state index contributed by atoms with van der Waals surface area (Å²) in [7, 11) is 0. The van der Waals surface area contributed by atoms with Crippen molar-refractivity contribution >= 4 is 11.8 Å². The quantitative estimate of drug-likeness (QED) is 0.842. The number of piperazine rings is 1. The van der Waals surface area contributed by atoms with Crippen molar-refractivity contribution < 1.29 is 14.3 Å². The minimum Gasteiger partial charge on any atom is -0.376 e. The van der Waals surface area contributed by atoms with Crippen LogP contribution in [0.1, 0.15) is 59.8 Å². The molecule has 2 aliphatic rings. The predicted molar refractivity (Wildman–Crippen MR) is 80.8 cm³/mol. The Kier molecular flexibility index (Phi) is 4.91. The Morgan fingerprint density at radius 3 is 2.48 bits per heavy atom. The van der Waals surface area contributed by atoms with Crippen molar-refractivity contribution in [3.05, 3.63) is 0 Å². The zero-order valence-electron chi connectivity index (χ0n) is 13.6. The Morgan fingerprint density at radius 2 is 2.00 bits per heavy atom. The maximum Gasteiger partial charge on any atom is 0.249 e. The van der Waals surface area contributed by atoms with E-state index >= 15 is 0 Å². The van der Waals surface area contributed by atoms with Crippen LogP contribution in [0.4, 0.5) is 0 Å². The molecule has 3 unspecified atom stereocenters. The zero-order valence-corrected chi connectivity index (χ0v) is 13.6. The van der Waals surface area contributed by atoms with E-state index in [4.69, 9.17) is 4.74 Å². The summed E-state index contributed by atoms with van der Waals surface area (Å²) in [5, 5.41) is 2.98. The Labute approximate surface area is 127 Å². The second-order valence-electron chi connectivity index (χ2n) is 6.21. The Bertz CT molecular complexity index is 400. The lowest BCUT2D eigenvalue weighted by Crippen LogP contribution is -2.72. The number of hydrogen-bond donors (Lipinski definition) is 1. The van der Waals surface area contributed by atoms with Crippen LogP contribution in [0.15, 0.2) is 0 Å². The lowest BCUT2D eigenvalue weighted by molar-refractivity contribution is -0.161. The normalized spacial score (nSPS) is 30.4. The summed E-state index contributed by atoms with van der Waals surface area (Å²) < 4.78 is 5.75. The number of ether oxygens (including phenoxy) is 1. The summed E-state index contributed by atoms with van der Waals surface area (Å²) in [6.07, 6.45) is 3.94. The minimum atomic E-state index is -0.740. The highest BCUT2D eigenvalue weighted by molar-refractivity contribution is 6.00. The SMILES string of the molecule is CCC1C(=O)NC(CC)(CC)C(=O)N1C(C)C1CCCO1. The largest absolute Gasteiger partial charge is 0.376 e. The molecule has 5 heteroatoms. The van der Waals surface area contributed by atoms with Gasteiger partial charge in [0.25, 0.3) is 0 Å². The van der Waals surface area contributed by atoms with Crippen LogP contribution >= 0.6 is 0 Å². The highest BCUT2D eigenvalue weighted by atomic mass is 16.5. The smallest absolute Gasteiger partial charge is 0.249 e. The van der Waals surface area contributed by atoms with Gasteiger partial charge in [-0.15, -0.1) is 0 Å². The molecule has 0 radical (unpaired) electrons. The third-order valence-electron chi connectivity index (χ3n) is 5.18. The Hall–Kier alpha value is -1.10. The Morgan fingerprint density at radius 1 is 1.33 bits per heavy atom. The molecule has 120 valence electrons. The van der Waals surface area contributed by atoms with Crippen LogP contribution in [0, 0.1) is 0 Å². The van der Waals surface area contributed by atoms with Crippen molar-refractivity contribution in [2.45, 2.75) is 83.5 Å². The van der Waals surface area contributed by atoms with Crippen molar-refractivity contribution in [1.29, 1.82) is 0 Å². The summed E-state index contributed by atoms with van der Waals surface area (Å²) in [5.74, 6) is 0.0348. The van der Waals surface area contributed by atoms with E-state index in [1.165, 1.54) is 0 Å². The van der Waals surface area contributed by atoms with Gasteiger partial charge in [0.15, 0.2) is 0 Å². The summed E-state index contributed by atoms with van der Waals surface area (Å²) in [6, 6.07) is -0.420. The van der Waals surface area contributed by atoms with Crippen LogP contribution in [0.3, 0.4) is 0 Å². The van der Waals surface area contributed by atoms with Gasteiger partial charge in [-0.25, -0.2) is 0 Å². The first-order chi connectivity index (χ1) is 10.0. The lowest BCUT2D eigenvalue weighted by Gasteiger charge is -2.48. The average molecular weight is 296 g/mol. The van der Waals surface area contributed by atoms with E-state index in [0.29, 0.717) is 19.3 Å². The maximum absolute atomic E-state index is 13.1. The third kappa shape index (κ3) is 2.68. The fourth-order valence-corrected chi connectivity index (χ4v) is 3.63. The standard InChI is InChI=1S/C16H28N2O3/c1-5-12-14(19)17-16(6-2,7-3)15(20)18(12)11(4)13-9-8-10-21-13/h11-13H,5-10H2,1-4H3,(H,17,19). The molecule has 0 aromatic carbocycles. The van der Waals surface area contributed by atoms with Crippen molar-refractivity contribution in [3.63, 3.8) is 0 Å². The van der Waals surface area contributed by atoms with Crippen LogP contribution in [0.2, 0.25) is 0 Å². The number of nitrogens with zero attached hydrogens (tertiary/aromatic N) is 1. The maximum atomic E-state index is 13.1. The highest BCUT2D eigenvalue weighted by Gasteiger charge is 2.50. The van der Waals surface area contributed by atoms with Gasteiger partial charge in [-0.1, -0.05) is 20.8 Å². The molecule has 2 heterocycles. The van der Waals surface area contributed by atoms with Gasteiger partial charge in [-0.2, -0.15) is 0 Å². The molecule has 0 bridgehead atoms. The molecule has 0 spiro atoms. The van der Waals surface area contributed by atoms with Crippen LogP contribution in [0.25, 0.3) is 0 Å². The molecule has 21 heavy (non-hydrogen) atoms. The van der Waals surface area contributed by atoms with Crippen LogP contribution in [-0.4, -0.2) is 47.0 Å². The third-order valence-corrected chi connectivity index (χ3v) is 5.18. The molecule has 5 nitrogen and oxygen atoms in total. The molecular weight excluding hydrogens is 268 g/mol. The Balaban J connectivity index is 2.32. The van der Waals surface area contributed by atoms with Gasteiger partial charge in [0, 0.05) is 6.61 Å². The monoisotopic (exact) mass is 296 g/mol. The predicted octanol–water partition coefficient (Wildman–Crippen LogP) is 1.85. The van der Waals surface area contributed by atoms with Gasteiger partial charge in [0.2, 0.25) is 11.8 Å². The van der Waals surface area contributed by atoms with Crippen LogP contribution in [-0.2, 0) is 14.3 Å². The number of hydrogen-bond acceptors (Lipinski definition) is 3. The topological polar surface area (TPSA) is 58.6 Å². The number of nitrogens with one attached hydrogen (secondary N) is 1. The number of rotatable bonds is 5. The van der Waals surface area contributed by atoms with E-state index in [-0.39, 0.29) is 30.0 Å². The molecule has 0 aromatic heterocycles. The van der Waals surface area contributed by atoms with Crippen molar-refractivity contribution in [2.75, 3.05) is 6.61 Å². The van der Waals surface area contributed by atoms with E-state index < -0.39 is 5.54 Å². The second-order valence-corrected chi connectivity index (χ2v) is 6.21. The summed E-state index contributed by atoms with van der Waals surface area (Å²) >= 11 is 0. The van der Waals surface area contributed by atoms with E-state index in [1.807, 2.05) is 32.6 Å². The highest BCUT2D eigenvalue weighted by Crippen LogP contribution is 2.30. The lowest BCUT2D eigenvalue weighted by atomic mass is 9.85. The van der Waals surface area contributed by atoms with Crippen molar-refractivity contribution in [1.82, 2.24) is 10.2 Å². The first kappa shape index (κ1) is 16.3. The van der Waals surface area contributed by atoms with Gasteiger partial charge >= 0.3 is 0 Å². The van der Waals surface area contributed by atoms with Gasteiger partial charge in [-0.3, -0.25) is 9.59 Å². The van der Waals surface area contributed by atoms with Crippen LogP contribution in [0.5, 0.6) is 0 Å². The molecule has 0 saturated carbocycles. The van der Waals surface area contributed by atoms with Crippen molar-refractivity contribution in [2.24, 2.45) is 0 Å². The van der Waals surface area contributed by atoms with Gasteiger partial charge < -0.3 is 15.0 Å². The van der Waals surface area contributed by atoms with E-state index in [0.717, 1.165) is 19.4 Å². The summed E-state index contributed by atoms with van der Waals surface area (Å²) in [5.41, 5.74) is -0.740. The molecule has 2 rings (SSSR count). The molecule has 2 aliphatic heterocycles. The number of carbonyl (C=O) groups is 2. The first-order valence-corrected chi connectivity index (χ1v) is 8.27. The molecule has 1 N–H and O–H groups in total. The summed E-state index contributed by atoms with van der Waals surface area (Å²) in [6.45, 7) is 8.65. The molecule has 2 saturated heterocycles. The fourth-order valence-electron chi connectivity index (χ4n) is 3.63. The number of carbonyl (C=O) groups excluding carboxylic acids is 2.